The van der Waals surface area contributed by atoms with Gasteiger partial charge in [0.15, 0.2) is 0 Å². The van der Waals surface area contributed by atoms with Crippen molar-refractivity contribution in [2.75, 3.05) is 38.2 Å². The van der Waals surface area contributed by atoms with Gasteiger partial charge in [0.1, 0.15) is 5.75 Å². The summed E-state index contributed by atoms with van der Waals surface area (Å²) in [6.07, 6.45) is 7.90. The number of benzene rings is 1. The molecule has 5 fully saturated rings. The minimum Gasteiger partial charge on any atom is -0.495 e. The second-order valence-corrected chi connectivity index (χ2v) is 10.1. The van der Waals surface area contributed by atoms with Gasteiger partial charge in [-0.25, -0.2) is 0 Å². The first-order valence-electron chi connectivity index (χ1n) is 11.5. The predicted molar refractivity (Wildman–Crippen MR) is 115 cm³/mol. The molecular weight excluding hydrogens is 362 g/mol. The predicted octanol–water partition coefficient (Wildman–Crippen LogP) is 3.29. The van der Waals surface area contributed by atoms with Crippen LogP contribution >= 0.6 is 0 Å². The number of ether oxygens (including phenoxy) is 1. The first-order valence-corrected chi connectivity index (χ1v) is 11.5. The summed E-state index contributed by atoms with van der Waals surface area (Å²) in [5, 5.41) is 3.57. The smallest absolute Gasteiger partial charge is 0.237 e. The average molecular weight is 398 g/mol. The SMILES string of the molecule is COc1ccccc1N1CCN(C(C)C(=O)NC23CC4CC(CC(C4)C2)C3)CC1. The summed E-state index contributed by atoms with van der Waals surface area (Å²) < 4.78 is 5.53. The number of para-hydroxylation sites is 2. The number of amides is 1. The molecule has 29 heavy (non-hydrogen) atoms. The molecule has 5 nitrogen and oxygen atoms in total. The molecule has 4 aliphatic carbocycles. The van der Waals surface area contributed by atoms with E-state index in [0.717, 1.165) is 55.4 Å². The zero-order valence-electron chi connectivity index (χ0n) is 17.9. The van der Waals surface area contributed by atoms with Crippen LogP contribution in [-0.4, -0.2) is 55.7 Å². The molecule has 0 aromatic heterocycles. The molecule has 0 spiro atoms. The summed E-state index contributed by atoms with van der Waals surface area (Å²) in [5.74, 6) is 3.76. The van der Waals surface area contributed by atoms with E-state index in [2.05, 4.69) is 34.2 Å². The molecule has 0 radical (unpaired) electrons. The molecule has 1 aliphatic heterocycles. The number of hydrogen-bond acceptors (Lipinski definition) is 4. The fraction of sp³-hybridized carbons (Fsp3) is 0.708. The Kier molecular flexibility index (Phi) is 4.97. The Hall–Kier alpha value is -1.75. The molecule has 6 rings (SSSR count). The zero-order valence-corrected chi connectivity index (χ0v) is 17.9. The van der Waals surface area contributed by atoms with Gasteiger partial charge in [0.05, 0.1) is 18.8 Å². The standard InChI is InChI=1S/C24H35N3O2/c1-17(23(28)25-24-14-18-11-19(15-24)13-20(12-18)16-24)26-7-9-27(10-8-26)21-5-3-4-6-22(21)29-2/h3-6,17-20H,7-16H2,1-2H3,(H,25,28). The Labute approximate surface area is 174 Å². The van der Waals surface area contributed by atoms with Crippen molar-refractivity contribution in [2.24, 2.45) is 17.8 Å². The third kappa shape index (κ3) is 3.63. The fourth-order valence-corrected chi connectivity index (χ4v) is 7.04. The van der Waals surface area contributed by atoms with Crippen molar-refractivity contribution in [3.8, 4) is 5.75 Å². The lowest BCUT2D eigenvalue weighted by molar-refractivity contribution is -0.131. The summed E-state index contributed by atoms with van der Waals surface area (Å²) >= 11 is 0. The van der Waals surface area contributed by atoms with Crippen molar-refractivity contribution in [1.29, 1.82) is 0 Å². The van der Waals surface area contributed by atoms with E-state index in [-0.39, 0.29) is 17.5 Å². The highest BCUT2D eigenvalue weighted by molar-refractivity contribution is 5.82. The van der Waals surface area contributed by atoms with Crippen LogP contribution in [0.1, 0.15) is 45.4 Å². The van der Waals surface area contributed by atoms with Gasteiger partial charge in [0, 0.05) is 31.7 Å². The second kappa shape index (κ2) is 7.50. The molecule has 158 valence electrons. The van der Waals surface area contributed by atoms with E-state index in [0.29, 0.717) is 0 Å². The van der Waals surface area contributed by atoms with Crippen molar-refractivity contribution in [1.82, 2.24) is 10.2 Å². The maximum absolute atomic E-state index is 13.2. The van der Waals surface area contributed by atoms with Crippen LogP contribution in [0.5, 0.6) is 5.75 Å². The molecule has 5 aliphatic rings. The van der Waals surface area contributed by atoms with E-state index in [4.69, 9.17) is 4.74 Å². The Bertz CT molecular complexity index is 721. The third-order valence-electron chi connectivity index (χ3n) is 8.09. The fourth-order valence-electron chi connectivity index (χ4n) is 7.04. The van der Waals surface area contributed by atoms with Crippen molar-refractivity contribution in [2.45, 2.75) is 57.0 Å². The summed E-state index contributed by atoms with van der Waals surface area (Å²) in [7, 11) is 1.73. The highest BCUT2D eigenvalue weighted by Gasteiger charge is 2.51. The number of nitrogens with one attached hydrogen (secondary N) is 1. The van der Waals surface area contributed by atoms with Crippen LogP contribution in [0.25, 0.3) is 0 Å². The topological polar surface area (TPSA) is 44.8 Å². The molecule has 1 aromatic carbocycles. The molecule has 1 N–H and O–H groups in total. The Morgan fingerprint density at radius 1 is 1.03 bits per heavy atom. The molecule has 1 amide bonds. The monoisotopic (exact) mass is 397 g/mol. The molecule has 5 heteroatoms. The van der Waals surface area contributed by atoms with Gasteiger partial charge in [-0.05, 0) is 75.3 Å². The van der Waals surface area contributed by atoms with Gasteiger partial charge in [-0.15, -0.1) is 0 Å². The van der Waals surface area contributed by atoms with Crippen LogP contribution in [0.3, 0.4) is 0 Å². The molecule has 4 saturated carbocycles. The van der Waals surface area contributed by atoms with Crippen molar-refractivity contribution in [3.05, 3.63) is 24.3 Å². The number of carbonyl (C=O) groups excluding carboxylic acids is 1. The highest BCUT2D eigenvalue weighted by atomic mass is 16.5. The minimum atomic E-state index is -0.0529. The van der Waals surface area contributed by atoms with Crippen LogP contribution in [0.2, 0.25) is 0 Å². The molecule has 1 heterocycles. The third-order valence-corrected chi connectivity index (χ3v) is 8.09. The zero-order chi connectivity index (χ0) is 20.0. The van der Waals surface area contributed by atoms with E-state index in [1.165, 1.54) is 38.5 Å². The lowest BCUT2D eigenvalue weighted by Crippen LogP contribution is -2.63. The maximum atomic E-state index is 13.2. The largest absolute Gasteiger partial charge is 0.495 e. The lowest BCUT2D eigenvalue weighted by atomic mass is 9.53. The number of carbonyl (C=O) groups is 1. The van der Waals surface area contributed by atoms with Crippen LogP contribution in [0.15, 0.2) is 24.3 Å². The van der Waals surface area contributed by atoms with Crippen molar-refractivity contribution < 1.29 is 9.53 Å². The van der Waals surface area contributed by atoms with Crippen LogP contribution < -0.4 is 15.0 Å². The number of methoxy groups -OCH3 is 1. The van der Waals surface area contributed by atoms with Gasteiger partial charge in [-0.1, -0.05) is 12.1 Å². The Morgan fingerprint density at radius 3 is 2.21 bits per heavy atom. The van der Waals surface area contributed by atoms with Crippen LogP contribution in [0.4, 0.5) is 5.69 Å². The van der Waals surface area contributed by atoms with Crippen molar-refractivity contribution in [3.63, 3.8) is 0 Å². The Balaban J connectivity index is 1.19. The second-order valence-electron chi connectivity index (χ2n) is 10.1. The number of nitrogens with zero attached hydrogens (tertiary/aromatic N) is 2. The van der Waals surface area contributed by atoms with Gasteiger partial charge in [0.25, 0.3) is 0 Å². The van der Waals surface area contributed by atoms with Gasteiger partial charge < -0.3 is 15.0 Å². The summed E-state index contributed by atoms with van der Waals surface area (Å²) in [6, 6.07) is 8.16. The Morgan fingerprint density at radius 2 is 1.62 bits per heavy atom. The highest BCUT2D eigenvalue weighted by Crippen LogP contribution is 2.55. The van der Waals surface area contributed by atoms with E-state index in [1.54, 1.807) is 7.11 Å². The number of rotatable bonds is 5. The van der Waals surface area contributed by atoms with Gasteiger partial charge in [0.2, 0.25) is 5.91 Å². The quantitative estimate of drug-likeness (QED) is 0.828. The minimum absolute atomic E-state index is 0.0529. The summed E-state index contributed by atoms with van der Waals surface area (Å²) in [5.41, 5.74) is 1.26. The average Bonchev–Trinajstić information content (AvgIpc) is 2.72. The maximum Gasteiger partial charge on any atom is 0.237 e. The van der Waals surface area contributed by atoms with Crippen molar-refractivity contribution >= 4 is 11.6 Å². The molecule has 1 atom stereocenters. The first-order chi connectivity index (χ1) is 14.0. The lowest BCUT2D eigenvalue weighted by Gasteiger charge is -2.57. The van der Waals surface area contributed by atoms with E-state index >= 15 is 0 Å². The van der Waals surface area contributed by atoms with E-state index in [9.17, 15) is 4.79 Å². The molecule has 4 bridgehead atoms. The summed E-state index contributed by atoms with van der Waals surface area (Å²) in [4.78, 5) is 17.9. The number of hydrogen-bond donors (Lipinski definition) is 1. The normalized spacial score (nSPS) is 34.8. The van der Waals surface area contributed by atoms with E-state index < -0.39 is 0 Å². The molecule has 1 aromatic rings. The number of anilines is 1. The molecule has 1 unspecified atom stereocenters. The van der Waals surface area contributed by atoms with Gasteiger partial charge >= 0.3 is 0 Å². The summed E-state index contributed by atoms with van der Waals surface area (Å²) in [6.45, 7) is 5.76. The van der Waals surface area contributed by atoms with Gasteiger partial charge in [-0.3, -0.25) is 9.69 Å². The molecular formula is C24H35N3O2. The van der Waals surface area contributed by atoms with Crippen LogP contribution in [0, 0.1) is 17.8 Å². The first kappa shape index (κ1) is 19.2. The van der Waals surface area contributed by atoms with Gasteiger partial charge in [-0.2, -0.15) is 0 Å². The van der Waals surface area contributed by atoms with E-state index in [1.807, 2.05) is 12.1 Å². The molecule has 1 saturated heterocycles. The number of piperazine rings is 1. The van der Waals surface area contributed by atoms with Crippen LogP contribution in [-0.2, 0) is 4.79 Å².